The zero-order chi connectivity index (χ0) is 21.6. The quantitative estimate of drug-likeness (QED) is 0.423. The number of ether oxygens (including phenoxy) is 1. The molecule has 0 atom stereocenters. The second kappa shape index (κ2) is 9.82. The number of aromatic amines is 1. The molecule has 0 radical (unpaired) electrons. The second-order valence-corrected chi connectivity index (χ2v) is 7.98. The highest BCUT2D eigenvalue weighted by Crippen LogP contribution is 2.34. The number of rotatable bonds is 5. The molecule has 4 N–H and O–H groups in total. The van der Waals surface area contributed by atoms with E-state index in [2.05, 4.69) is 60.4 Å². The predicted molar refractivity (Wildman–Crippen MR) is 127 cm³/mol. The number of hydrogen-bond donors (Lipinski definition) is 3. The smallest absolute Gasteiger partial charge is 0.127 e. The number of nitrogens with two attached hydrogens (primary N) is 1. The molecule has 2 heterocycles. The van der Waals surface area contributed by atoms with Gasteiger partial charge in [0.2, 0.25) is 0 Å². The molecule has 1 aliphatic rings. The fourth-order valence-electron chi connectivity index (χ4n) is 4.06. The Kier molecular flexibility index (Phi) is 6.70. The first-order valence-corrected chi connectivity index (χ1v) is 10.9. The fourth-order valence-corrected chi connectivity index (χ4v) is 4.06. The number of aliphatic hydroxyl groups is 1. The van der Waals surface area contributed by atoms with Crippen LogP contribution in [0.25, 0.3) is 22.0 Å². The van der Waals surface area contributed by atoms with E-state index >= 15 is 0 Å². The maximum absolute atomic E-state index is 8.73. The Labute approximate surface area is 183 Å². The number of para-hydroxylation sites is 1. The van der Waals surface area contributed by atoms with Crippen molar-refractivity contribution >= 4 is 10.9 Å². The average molecular weight is 415 g/mol. The summed E-state index contributed by atoms with van der Waals surface area (Å²) < 4.78 is 5.65. The molecule has 31 heavy (non-hydrogen) atoms. The zero-order valence-corrected chi connectivity index (χ0v) is 18.0. The molecule has 1 aromatic heterocycles. The van der Waals surface area contributed by atoms with Crippen LogP contribution in [0.4, 0.5) is 0 Å². The third-order valence-corrected chi connectivity index (χ3v) is 5.74. The molecule has 3 aromatic carbocycles. The Morgan fingerprint density at radius 2 is 1.81 bits per heavy atom. The molecular formula is C27H30N2O2. The van der Waals surface area contributed by atoms with E-state index < -0.39 is 0 Å². The van der Waals surface area contributed by atoms with E-state index in [4.69, 9.17) is 15.6 Å². The highest BCUT2D eigenvalue weighted by Gasteiger charge is 2.17. The maximum Gasteiger partial charge on any atom is 0.127 e. The Balaban J connectivity index is 0.000000158. The lowest BCUT2D eigenvalue weighted by molar-refractivity contribution is 0.289. The number of fused-ring (bicyclic) bond motifs is 2. The summed E-state index contributed by atoms with van der Waals surface area (Å²) in [5, 5.41) is 10.0. The molecule has 0 saturated carbocycles. The van der Waals surface area contributed by atoms with E-state index in [1.807, 2.05) is 18.3 Å². The molecule has 5 rings (SSSR count). The lowest BCUT2D eigenvalue weighted by atomic mass is 9.97. The Morgan fingerprint density at radius 1 is 1.00 bits per heavy atom. The minimum Gasteiger partial charge on any atom is -0.493 e. The van der Waals surface area contributed by atoms with Crippen molar-refractivity contribution in [2.45, 2.75) is 32.7 Å². The molecule has 0 saturated heterocycles. The molecule has 4 heteroatoms. The van der Waals surface area contributed by atoms with Crippen molar-refractivity contribution in [1.29, 1.82) is 0 Å². The highest BCUT2D eigenvalue weighted by molar-refractivity contribution is 5.83. The Hall–Kier alpha value is -3.08. The number of benzene rings is 3. The van der Waals surface area contributed by atoms with Crippen LogP contribution in [-0.2, 0) is 19.4 Å². The lowest BCUT2D eigenvalue weighted by Crippen LogP contribution is -2.00. The van der Waals surface area contributed by atoms with Crippen LogP contribution in [-0.4, -0.2) is 23.3 Å². The van der Waals surface area contributed by atoms with Gasteiger partial charge in [0.1, 0.15) is 5.75 Å². The molecular weight excluding hydrogens is 384 g/mol. The standard InChI is InChI=1S/C16H17NO.C11H13NO/c1-11-2-4-12(5-3-11)14-8-13-6-7-18-16(13)15(9-14)10-17;13-7-3-4-9-8-12-11-6-2-1-5-10(9)11/h2-5,8-9H,6-7,10,17H2,1H3;1-2,5-6,8,12-13H,3-4,7H2. The van der Waals surface area contributed by atoms with Crippen LogP contribution in [0.3, 0.4) is 0 Å². The van der Waals surface area contributed by atoms with Crippen LogP contribution in [0.2, 0.25) is 0 Å². The van der Waals surface area contributed by atoms with E-state index in [-0.39, 0.29) is 6.61 Å². The first-order chi connectivity index (χ1) is 15.2. The van der Waals surface area contributed by atoms with Crippen LogP contribution in [0.1, 0.15) is 28.7 Å². The van der Waals surface area contributed by atoms with E-state index in [0.29, 0.717) is 6.54 Å². The van der Waals surface area contributed by atoms with Gasteiger partial charge in [0.05, 0.1) is 6.61 Å². The molecule has 0 fully saturated rings. The van der Waals surface area contributed by atoms with Crippen LogP contribution < -0.4 is 10.5 Å². The van der Waals surface area contributed by atoms with E-state index in [9.17, 15) is 0 Å². The number of H-pyrrole nitrogens is 1. The Morgan fingerprint density at radius 3 is 2.58 bits per heavy atom. The normalized spacial score (nSPS) is 12.2. The number of hydrogen-bond acceptors (Lipinski definition) is 3. The van der Waals surface area contributed by atoms with Gasteiger partial charge in [-0.3, -0.25) is 0 Å². The monoisotopic (exact) mass is 414 g/mol. The minimum atomic E-state index is 0.263. The third-order valence-electron chi connectivity index (χ3n) is 5.74. The summed E-state index contributed by atoms with van der Waals surface area (Å²) >= 11 is 0. The van der Waals surface area contributed by atoms with Crippen LogP contribution in [0.5, 0.6) is 5.75 Å². The summed E-state index contributed by atoms with van der Waals surface area (Å²) in [7, 11) is 0. The van der Waals surface area contributed by atoms with Crippen molar-refractivity contribution in [1.82, 2.24) is 4.98 Å². The van der Waals surface area contributed by atoms with Gasteiger partial charge < -0.3 is 20.6 Å². The molecule has 0 aliphatic carbocycles. The van der Waals surface area contributed by atoms with Crippen molar-refractivity contribution in [2.75, 3.05) is 13.2 Å². The van der Waals surface area contributed by atoms with Crippen molar-refractivity contribution in [3.63, 3.8) is 0 Å². The van der Waals surface area contributed by atoms with E-state index in [1.165, 1.54) is 38.7 Å². The summed E-state index contributed by atoms with van der Waals surface area (Å²) in [6.07, 6.45) is 4.80. The molecule has 4 aromatic rings. The first-order valence-electron chi connectivity index (χ1n) is 10.9. The molecule has 1 aliphatic heterocycles. The number of aryl methyl sites for hydroxylation is 2. The molecule has 4 nitrogen and oxygen atoms in total. The van der Waals surface area contributed by atoms with Crippen molar-refractivity contribution < 1.29 is 9.84 Å². The van der Waals surface area contributed by atoms with Gasteiger partial charge in [-0.05, 0) is 60.2 Å². The van der Waals surface area contributed by atoms with Gasteiger partial charge in [-0.1, -0.05) is 48.0 Å². The molecule has 0 amide bonds. The number of aromatic nitrogens is 1. The van der Waals surface area contributed by atoms with Crippen molar-refractivity contribution in [3.05, 3.63) is 89.1 Å². The summed E-state index contributed by atoms with van der Waals surface area (Å²) in [5.74, 6) is 1.01. The zero-order valence-electron chi connectivity index (χ0n) is 18.0. The average Bonchev–Trinajstić information content (AvgIpc) is 3.45. The van der Waals surface area contributed by atoms with Gasteiger partial charge >= 0.3 is 0 Å². The van der Waals surface area contributed by atoms with Crippen molar-refractivity contribution in [3.8, 4) is 16.9 Å². The number of aliphatic hydroxyl groups excluding tert-OH is 1. The summed E-state index contributed by atoms with van der Waals surface area (Å²) in [6, 6.07) is 21.2. The van der Waals surface area contributed by atoms with Gasteiger partial charge in [-0.15, -0.1) is 0 Å². The van der Waals surface area contributed by atoms with Crippen LogP contribution >= 0.6 is 0 Å². The van der Waals surface area contributed by atoms with Crippen LogP contribution in [0, 0.1) is 6.92 Å². The molecule has 160 valence electrons. The number of nitrogens with one attached hydrogen (secondary N) is 1. The molecule has 0 unspecified atom stereocenters. The predicted octanol–water partition coefficient (Wildman–Crippen LogP) is 5.15. The van der Waals surface area contributed by atoms with Gasteiger partial charge in [-0.2, -0.15) is 0 Å². The highest BCUT2D eigenvalue weighted by atomic mass is 16.5. The molecule has 0 bridgehead atoms. The van der Waals surface area contributed by atoms with Gasteiger partial charge in [0.25, 0.3) is 0 Å². The molecule has 0 spiro atoms. The minimum absolute atomic E-state index is 0.263. The maximum atomic E-state index is 8.73. The Bertz CT molecular complexity index is 1150. The van der Waals surface area contributed by atoms with Gasteiger partial charge in [0.15, 0.2) is 0 Å². The SMILES string of the molecule is Cc1ccc(-c2cc(CN)c3c(c2)CCO3)cc1.OCCCc1c[nH]c2ccccc12. The summed E-state index contributed by atoms with van der Waals surface area (Å²) in [4.78, 5) is 3.22. The van der Waals surface area contributed by atoms with Gasteiger partial charge in [0, 0.05) is 42.2 Å². The third kappa shape index (κ3) is 4.82. The topological polar surface area (TPSA) is 71.3 Å². The summed E-state index contributed by atoms with van der Waals surface area (Å²) in [6.45, 7) is 3.67. The fraction of sp³-hybridized carbons (Fsp3) is 0.259. The van der Waals surface area contributed by atoms with E-state index in [1.54, 1.807) is 0 Å². The van der Waals surface area contributed by atoms with Gasteiger partial charge in [-0.25, -0.2) is 0 Å². The van der Waals surface area contributed by atoms with Crippen molar-refractivity contribution in [2.24, 2.45) is 5.73 Å². The summed E-state index contributed by atoms with van der Waals surface area (Å²) in [5.41, 5.74) is 14.4. The lowest BCUT2D eigenvalue weighted by Gasteiger charge is -2.10. The second-order valence-electron chi connectivity index (χ2n) is 7.98. The first kappa shape index (κ1) is 21.2. The largest absolute Gasteiger partial charge is 0.493 e. The van der Waals surface area contributed by atoms with E-state index in [0.717, 1.165) is 37.2 Å². The van der Waals surface area contributed by atoms with Crippen LogP contribution in [0.15, 0.2) is 66.9 Å².